The molecule has 16 heavy (non-hydrogen) atoms. The number of aromatic nitrogens is 2. The summed E-state index contributed by atoms with van der Waals surface area (Å²) in [5, 5.41) is 2.80. The van der Waals surface area contributed by atoms with Gasteiger partial charge in [0, 0.05) is 16.0 Å². The molecular weight excluding hydrogens is 317 g/mol. The molecule has 1 amide bonds. The summed E-state index contributed by atoms with van der Waals surface area (Å²) < 4.78 is 0.991. The zero-order valence-corrected chi connectivity index (χ0v) is 10.4. The van der Waals surface area contributed by atoms with Crippen LogP contribution in [0.4, 0.5) is 5.69 Å². The van der Waals surface area contributed by atoms with Crippen LogP contribution in [0.3, 0.4) is 0 Å². The lowest BCUT2D eigenvalue weighted by atomic mass is 10.3. The predicted octanol–water partition coefficient (Wildman–Crippen LogP) is 2.33. The van der Waals surface area contributed by atoms with E-state index >= 15 is 0 Å². The maximum absolute atomic E-state index is 11.8. The fourth-order valence-corrected chi connectivity index (χ4v) is 1.70. The van der Waals surface area contributed by atoms with Crippen LogP contribution in [0, 0.1) is 3.57 Å². The van der Waals surface area contributed by atoms with Crippen molar-refractivity contribution in [2.75, 3.05) is 5.32 Å². The first-order valence-corrected chi connectivity index (χ1v) is 5.66. The van der Waals surface area contributed by atoms with Gasteiger partial charge in [-0.3, -0.25) is 4.79 Å². The van der Waals surface area contributed by atoms with E-state index in [4.69, 9.17) is 0 Å². The summed E-state index contributed by atoms with van der Waals surface area (Å²) in [5.41, 5.74) is 1.24. The van der Waals surface area contributed by atoms with Crippen molar-refractivity contribution in [3.05, 3.63) is 52.1 Å². The molecule has 0 aliphatic rings. The number of nitrogens with one attached hydrogen (secondary N) is 1. The second-order valence-corrected chi connectivity index (χ2v) is 4.22. The van der Waals surface area contributed by atoms with Gasteiger partial charge in [-0.2, -0.15) is 0 Å². The molecule has 0 saturated carbocycles. The molecular formula is C11H8IN3O. The molecule has 0 saturated heterocycles. The number of amides is 1. The molecule has 0 fully saturated rings. The van der Waals surface area contributed by atoms with Gasteiger partial charge in [-0.25, -0.2) is 9.97 Å². The number of para-hydroxylation sites is 1. The minimum atomic E-state index is -0.204. The van der Waals surface area contributed by atoms with Crippen LogP contribution in [0.5, 0.6) is 0 Å². The van der Waals surface area contributed by atoms with Crippen molar-refractivity contribution in [1.82, 2.24) is 9.97 Å². The molecule has 0 spiro atoms. The molecule has 1 N–H and O–H groups in total. The lowest BCUT2D eigenvalue weighted by Crippen LogP contribution is -2.13. The summed E-state index contributed by atoms with van der Waals surface area (Å²) in [6.07, 6.45) is 4.36. The summed E-state index contributed by atoms with van der Waals surface area (Å²) in [6.45, 7) is 0. The van der Waals surface area contributed by atoms with E-state index in [-0.39, 0.29) is 5.91 Å². The molecule has 80 valence electrons. The summed E-state index contributed by atoms with van der Waals surface area (Å²) in [5.74, 6) is -0.204. The Labute approximate surface area is 106 Å². The Morgan fingerprint density at radius 1 is 1.19 bits per heavy atom. The van der Waals surface area contributed by atoms with Crippen LogP contribution in [0.25, 0.3) is 0 Å². The highest BCUT2D eigenvalue weighted by molar-refractivity contribution is 14.1. The van der Waals surface area contributed by atoms with E-state index in [1.165, 1.54) is 18.7 Å². The first-order chi connectivity index (χ1) is 7.77. The van der Waals surface area contributed by atoms with Crippen LogP contribution in [-0.2, 0) is 0 Å². The van der Waals surface area contributed by atoms with E-state index in [1.54, 1.807) is 0 Å². The standard InChI is InChI=1S/C11H8IN3O/c12-9-3-1-2-4-10(9)15-11(16)8-5-13-7-14-6-8/h1-7H,(H,15,16). The predicted molar refractivity (Wildman–Crippen MR) is 69.1 cm³/mol. The van der Waals surface area contributed by atoms with Gasteiger partial charge in [0.25, 0.3) is 5.91 Å². The van der Waals surface area contributed by atoms with Crippen molar-refractivity contribution in [2.45, 2.75) is 0 Å². The summed E-state index contributed by atoms with van der Waals surface area (Å²) in [7, 11) is 0. The van der Waals surface area contributed by atoms with Gasteiger partial charge in [-0.05, 0) is 34.7 Å². The lowest BCUT2D eigenvalue weighted by Gasteiger charge is -2.06. The number of carbonyl (C=O) groups excluding carboxylic acids is 1. The summed E-state index contributed by atoms with van der Waals surface area (Å²) in [4.78, 5) is 19.4. The SMILES string of the molecule is O=C(Nc1ccccc1I)c1cncnc1. The van der Waals surface area contributed by atoms with Crippen molar-refractivity contribution in [3.63, 3.8) is 0 Å². The third-order valence-electron chi connectivity index (χ3n) is 1.94. The number of hydrogen-bond donors (Lipinski definition) is 1. The van der Waals surface area contributed by atoms with Gasteiger partial charge in [0.15, 0.2) is 0 Å². The first kappa shape index (κ1) is 11.0. The molecule has 1 aromatic carbocycles. The number of hydrogen-bond acceptors (Lipinski definition) is 3. The highest BCUT2D eigenvalue weighted by atomic mass is 127. The molecule has 0 atom stereocenters. The van der Waals surface area contributed by atoms with Gasteiger partial charge >= 0.3 is 0 Å². The number of halogens is 1. The highest BCUT2D eigenvalue weighted by Crippen LogP contribution is 2.17. The van der Waals surface area contributed by atoms with Gasteiger partial charge in [0.05, 0.1) is 11.3 Å². The Bertz CT molecular complexity index is 502. The molecule has 0 unspecified atom stereocenters. The van der Waals surface area contributed by atoms with Crippen LogP contribution >= 0.6 is 22.6 Å². The number of benzene rings is 1. The van der Waals surface area contributed by atoms with Crippen LogP contribution in [-0.4, -0.2) is 15.9 Å². The average Bonchev–Trinajstić information content (AvgIpc) is 2.33. The lowest BCUT2D eigenvalue weighted by molar-refractivity contribution is 0.102. The summed E-state index contributed by atoms with van der Waals surface area (Å²) >= 11 is 2.17. The smallest absolute Gasteiger partial charge is 0.258 e. The fraction of sp³-hybridized carbons (Fsp3) is 0. The molecule has 1 aromatic heterocycles. The molecule has 0 bridgehead atoms. The molecule has 0 radical (unpaired) electrons. The van der Waals surface area contributed by atoms with Gasteiger partial charge < -0.3 is 5.32 Å². The van der Waals surface area contributed by atoms with Crippen molar-refractivity contribution < 1.29 is 4.79 Å². The molecule has 4 nitrogen and oxygen atoms in total. The zero-order chi connectivity index (χ0) is 11.4. The molecule has 5 heteroatoms. The average molecular weight is 325 g/mol. The minimum Gasteiger partial charge on any atom is -0.321 e. The van der Waals surface area contributed by atoms with Gasteiger partial charge in [0.1, 0.15) is 6.33 Å². The van der Waals surface area contributed by atoms with Crippen LogP contribution in [0.15, 0.2) is 43.0 Å². The maximum Gasteiger partial charge on any atom is 0.258 e. The van der Waals surface area contributed by atoms with Crippen molar-refractivity contribution in [2.24, 2.45) is 0 Å². The van der Waals surface area contributed by atoms with Crippen LogP contribution in [0.2, 0.25) is 0 Å². The number of carbonyl (C=O) groups is 1. The second-order valence-electron chi connectivity index (χ2n) is 3.06. The number of rotatable bonds is 2. The Balaban J connectivity index is 2.18. The largest absolute Gasteiger partial charge is 0.321 e. The zero-order valence-electron chi connectivity index (χ0n) is 8.22. The van der Waals surface area contributed by atoms with E-state index < -0.39 is 0 Å². The molecule has 0 aliphatic carbocycles. The Morgan fingerprint density at radius 3 is 2.56 bits per heavy atom. The first-order valence-electron chi connectivity index (χ1n) is 4.58. The van der Waals surface area contributed by atoms with E-state index in [2.05, 4.69) is 37.9 Å². The molecule has 1 heterocycles. The minimum absolute atomic E-state index is 0.204. The van der Waals surface area contributed by atoms with Gasteiger partial charge in [-0.1, -0.05) is 12.1 Å². The van der Waals surface area contributed by atoms with E-state index in [1.807, 2.05) is 24.3 Å². The highest BCUT2D eigenvalue weighted by Gasteiger charge is 2.07. The number of nitrogens with zero attached hydrogens (tertiary/aromatic N) is 2. The van der Waals surface area contributed by atoms with E-state index in [0.717, 1.165) is 9.26 Å². The normalized spacial score (nSPS) is 9.81. The summed E-state index contributed by atoms with van der Waals surface area (Å²) in [6, 6.07) is 7.57. The Morgan fingerprint density at radius 2 is 1.88 bits per heavy atom. The fourth-order valence-electron chi connectivity index (χ4n) is 1.17. The monoisotopic (exact) mass is 325 g/mol. The maximum atomic E-state index is 11.8. The Kier molecular flexibility index (Phi) is 3.45. The van der Waals surface area contributed by atoms with Crippen molar-refractivity contribution in [3.8, 4) is 0 Å². The van der Waals surface area contributed by atoms with Gasteiger partial charge in [-0.15, -0.1) is 0 Å². The number of anilines is 1. The van der Waals surface area contributed by atoms with Crippen LogP contribution < -0.4 is 5.32 Å². The second kappa shape index (κ2) is 5.02. The topological polar surface area (TPSA) is 54.9 Å². The third-order valence-corrected chi connectivity index (χ3v) is 2.89. The van der Waals surface area contributed by atoms with Gasteiger partial charge in [0.2, 0.25) is 0 Å². The third kappa shape index (κ3) is 2.54. The quantitative estimate of drug-likeness (QED) is 0.863. The molecule has 0 aliphatic heterocycles. The van der Waals surface area contributed by atoms with E-state index in [9.17, 15) is 4.79 Å². The van der Waals surface area contributed by atoms with Crippen molar-refractivity contribution >= 4 is 34.2 Å². The van der Waals surface area contributed by atoms with Crippen molar-refractivity contribution in [1.29, 1.82) is 0 Å². The molecule has 2 aromatic rings. The van der Waals surface area contributed by atoms with E-state index in [0.29, 0.717) is 5.56 Å². The van der Waals surface area contributed by atoms with Crippen LogP contribution in [0.1, 0.15) is 10.4 Å². The molecule has 2 rings (SSSR count). The Hall–Kier alpha value is -1.50.